The minimum absolute atomic E-state index is 0.157. The number of carboxylic acid groups (broad SMARTS) is 1. The van der Waals surface area contributed by atoms with E-state index >= 15 is 0 Å². The summed E-state index contributed by atoms with van der Waals surface area (Å²) in [5.41, 5.74) is 0.538. The number of carbonyl (C=O) groups excluding carboxylic acids is 1. The summed E-state index contributed by atoms with van der Waals surface area (Å²) in [5.74, 6) is -1.04. The Morgan fingerprint density at radius 3 is 2.68 bits per heavy atom. The Morgan fingerprint density at radius 1 is 1.47 bits per heavy atom. The number of anilines is 1. The first-order chi connectivity index (χ1) is 8.93. The summed E-state index contributed by atoms with van der Waals surface area (Å²) >= 11 is 5.82. The number of urea groups is 1. The molecular formula is C13H17ClN2O3. The lowest BCUT2D eigenvalue weighted by Gasteiger charge is -2.27. The van der Waals surface area contributed by atoms with Gasteiger partial charge in [0.1, 0.15) is 6.54 Å². The number of nitrogens with one attached hydrogen (secondary N) is 1. The minimum atomic E-state index is -1.04. The number of hydrogen-bond donors (Lipinski definition) is 2. The van der Waals surface area contributed by atoms with E-state index in [0.717, 1.165) is 0 Å². The fourth-order valence-electron chi connectivity index (χ4n) is 1.56. The van der Waals surface area contributed by atoms with Crippen LogP contribution in [0.4, 0.5) is 10.5 Å². The second-order valence-electron chi connectivity index (χ2n) is 4.22. The van der Waals surface area contributed by atoms with Crippen molar-refractivity contribution < 1.29 is 14.7 Å². The van der Waals surface area contributed by atoms with Crippen LogP contribution in [0.25, 0.3) is 0 Å². The van der Waals surface area contributed by atoms with Crippen molar-refractivity contribution in [3.63, 3.8) is 0 Å². The van der Waals surface area contributed by atoms with E-state index in [9.17, 15) is 9.59 Å². The third kappa shape index (κ3) is 4.79. The fourth-order valence-corrected chi connectivity index (χ4v) is 1.75. The molecule has 104 valence electrons. The van der Waals surface area contributed by atoms with Crippen molar-refractivity contribution >= 4 is 29.3 Å². The third-order valence-electron chi connectivity index (χ3n) is 2.77. The van der Waals surface area contributed by atoms with Gasteiger partial charge in [0, 0.05) is 16.8 Å². The number of hydrogen-bond acceptors (Lipinski definition) is 2. The molecule has 0 saturated carbocycles. The summed E-state index contributed by atoms with van der Waals surface area (Å²) in [6.45, 7) is 3.37. The number of benzene rings is 1. The first kappa shape index (κ1) is 15.3. The van der Waals surface area contributed by atoms with E-state index in [2.05, 4.69) is 5.32 Å². The standard InChI is InChI=1S/C13H17ClN2O3/c1-3-9(2)16(8-12(17)18)13(19)15-11-6-4-5-10(14)7-11/h4-7,9H,3,8H2,1-2H3,(H,15,19)(H,17,18). The number of nitrogens with zero attached hydrogens (tertiary/aromatic N) is 1. The van der Waals surface area contributed by atoms with Gasteiger partial charge in [0.05, 0.1) is 0 Å². The van der Waals surface area contributed by atoms with Crippen LogP contribution >= 0.6 is 11.6 Å². The third-order valence-corrected chi connectivity index (χ3v) is 3.00. The smallest absolute Gasteiger partial charge is 0.323 e. The molecule has 0 aliphatic rings. The number of amides is 2. The fraction of sp³-hybridized carbons (Fsp3) is 0.385. The minimum Gasteiger partial charge on any atom is -0.480 e. The molecule has 1 rings (SSSR count). The van der Waals surface area contributed by atoms with Crippen LogP contribution in [0.3, 0.4) is 0 Å². The number of carbonyl (C=O) groups is 2. The van der Waals surface area contributed by atoms with Crippen LogP contribution < -0.4 is 5.32 Å². The average molecular weight is 285 g/mol. The number of carboxylic acids is 1. The predicted octanol–water partition coefficient (Wildman–Crippen LogP) is 3.06. The molecule has 1 aromatic carbocycles. The maximum absolute atomic E-state index is 12.1. The van der Waals surface area contributed by atoms with E-state index in [1.807, 2.05) is 6.92 Å². The predicted molar refractivity (Wildman–Crippen MR) is 74.6 cm³/mol. The van der Waals surface area contributed by atoms with E-state index in [1.54, 1.807) is 31.2 Å². The molecule has 0 aliphatic carbocycles. The van der Waals surface area contributed by atoms with E-state index in [1.165, 1.54) is 4.90 Å². The van der Waals surface area contributed by atoms with Gasteiger partial charge in [-0.15, -0.1) is 0 Å². The lowest BCUT2D eigenvalue weighted by Crippen LogP contribution is -2.44. The molecular weight excluding hydrogens is 268 g/mol. The van der Waals surface area contributed by atoms with Gasteiger partial charge in [-0.3, -0.25) is 4.79 Å². The summed E-state index contributed by atoms with van der Waals surface area (Å²) in [4.78, 5) is 24.1. The molecule has 1 unspecified atom stereocenters. The van der Waals surface area contributed by atoms with Crippen LogP contribution in [0.2, 0.25) is 5.02 Å². The summed E-state index contributed by atoms with van der Waals surface area (Å²) in [5, 5.41) is 12.0. The van der Waals surface area contributed by atoms with Crippen molar-refractivity contribution in [3.05, 3.63) is 29.3 Å². The zero-order valence-corrected chi connectivity index (χ0v) is 11.6. The molecule has 1 aromatic rings. The molecule has 0 radical (unpaired) electrons. The van der Waals surface area contributed by atoms with Crippen molar-refractivity contribution in [1.82, 2.24) is 4.90 Å². The van der Waals surface area contributed by atoms with E-state index in [-0.39, 0.29) is 12.6 Å². The Bertz CT molecular complexity index is 465. The van der Waals surface area contributed by atoms with Crippen LogP contribution in [-0.2, 0) is 4.79 Å². The monoisotopic (exact) mass is 284 g/mol. The molecule has 2 N–H and O–H groups in total. The van der Waals surface area contributed by atoms with Gasteiger partial charge in [-0.25, -0.2) is 4.79 Å². The van der Waals surface area contributed by atoms with Gasteiger partial charge in [-0.05, 0) is 31.5 Å². The topological polar surface area (TPSA) is 69.6 Å². The maximum Gasteiger partial charge on any atom is 0.323 e. The highest BCUT2D eigenvalue weighted by molar-refractivity contribution is 6.30. The molecule has 6 heteroatoms. The van der Waals surface area contributed by atoms with Crippen LogP contribution in [-0.4, -0.2) is 34.6 Å². The first-order valence-corrected chi connectivity index (χ1v) is 6.36. The zero-order valence-electron chi connectivity index (χ0n) is 10.9. The van der Waals surface area contributed by atoms with Gasteiger partial charge in [-0.1, -0.05) is 24.6 Å². The molecule has 0 saturated heterocycles. The Hall–Kier alpha value is -1.75. The summed E-state index contributed by atoms with van der Waals surface area (Å²) < 4.78 is 0. The van der Waals surface area contributed by atoms with Gasteiger partial charge in [-0.2, -0.15) is 0 Å². The Labute approximate surface area is 117 Å². The highest BCUT2D eigenvalue weighted by atomic mass is 35.5. The quantitative estimate of drug-likeness (QED) is 0.873. The van der Waals surface area contributed by atoms with Crippen molar-refractivity contribution in [2.75, 3.05) is 11.9 Å². The van der Waals surface area contributed by atoms with Crippen LogP contribution in [0.1, 0.15) is 20.3 Å². The van der Waals surface area contributed by atoms with Crippen LogP contribution in [0.15, 0.2) is 24.3 Å². The first-order valence-electron chi connectivity index (χ1n) is 5.99. The van der Waals surface area contributed by atoms with Crippen LogP contribution in [0.5, 0.6) is 0 Å². The SMILES string of the molecule is CCC(C)N(CC(=O)O)C(=O)Nc1cccc(Cl)c1. The van der Waals surface area contributed by atoms with Gasteiger partial charge < -0.3 is 15.3 Å². The van der Waals surface area contributed by atoms with E-state index in [0.29, 0.717) is 17.1 Å². The summed E-state index contributed by atoms with van der Waals surface area (Å²) in [7, 11) is 0. The molecule has 0 bridgehead atoms. The van der Waals surface area contributed by atoms with E-state index in [4.69, 9.17) is 16.7 Å². The summed E-state index contributed by atoms with van der Waals surface area (Å²) in [6, 6.07) is 6.10. The second-order valence-corrected chi connectivity index (χ2v) is 4.66. The molecule has 1 atom stereocenters. The highest BCUT2D eigenvalue weighted by Crippen LogP contribution is 2.16. The average Bonchev–Trinajstić information content (AvgIpc) is 2.34. The number of aliphatic carboxylic acids is 1. The van der Waals surface area contributed by atoms with E-state index < -0.39 is 12.0 Å². The molecule has 0 fully saturated rings. The zero-order chi connectivity index (χ0) is 14.4. The Morgan fingerprint density at radius 2 is 2.16 bits per heavy atom. The molecule has 2 amide bonds. The van der Waals surface area contributed by atoms with Gasteiger partial charge in [0.25, 0.3) is 0 Å². The van der Waals surface area contributed by atoms with Crippen LogP contribution in [0, 0.1) is 0 Å². The normalized spacial score (nSPS) is 11.7. The molecule has 0 aliphatic heterocycles. The molecule has 0 spiro atoms. The lowest BCUT2D eigenvalue weighted by atomic mass is 10.2. The lowest BCUT2D eigenvalue weighted by molar-refractivity contribution is -0.138. The number of rotatable bonds is 5. The summed E-state index contributed by atoms with van der Waals surface area (Å²) in [6.07, 6.45) is 0.677. The Balaban J connectivity index is 2.79. The Kier molecular flexibility index (Phi) is 5.63. The largest absolute Gasteiger partial charge is 0.480 e. The highest BCUT2D eigenvalue weighted by Gasteiger charge is 2.21. The number of halogens is 1. The van der Waals surface area contributed by atoms with Crippen molar-refractivity contribution in [2.24, 2.45) is 0 Å². The van der Waals surface area contributed by atoms with Crippen molar-refractivity contribution in [3.8, 4) is 0 Å². The molecule has 5 nitrogen and oxygen atoms in total. The molecule has 19 heavy (non-hydrogen) atoms. The van der Waals surface area contributed by atoms with Crippen molar-refractivity contribution in [1.29, 1.82) is 0 Å². The second kappa shape index (κ2) is 6.99. The molecule has 0 aromatic heterocycles. The van der Waals surface area contributed by atoms with Gasteiger partial charge in [0.2, 0.25) is 0 Å². The molecule has 0 heterocycles. The van der Waals surface area contributed by atoms with Gasteiger partial charge in [0.15, 0.2) is 0 Å². The van der Waals surface area contributed by atoms with Crippen molar-refractivity contribution in [2.45, 2.75) is 26.3 Å². The maximum atomic E-state index is 12.1. The van der Waals surface area contributed by atoms with Gasteiger partial charge >= 0.3 is 12.0 Å².